The smallest absolute Gasteiger partial charge is 0.338 e. The average molecular weight is 259 g/mol. The van der Waals surface area contributed by atoms with E-state index in [1.54, 1.807) is 25.1 Å². The number of hydrogen-bond acceptors (Lipinski definition) is 4. The highest BCUT2D eigenvalue weighted by atomic mass is 35.5. The van der Waals surface area contributed by atoms with Crippen LogP contribution in [0.2, 0.25) is 0 Å². The standard InChI is InChI=1S/C12H15ClO4/c1-3-16-12(14)9-4-5-10(17-7-6-13)11(8-9)15-2/h4-5,8H,3,6-7H2,1-2H3. The van der Waals surface area contributed by atoms with Gasteiger partial charge >= 0.3 is 5.97 Å². The van der Waals surface area contributed by atoms with Crippen molar-refractivity contribution < 1.29 is 19.0 Å². The van der Waals surface area contributed by atoms with Gasteiger partial charge in [-0.2, -0.15) is 0 Å². The summed E-state index contributed by atoms with van der Waals surface area (Å²) >= 11 is 5.53. The maximum atomic E-state index is 11.5. The third-order valence-electron chi connectivity index (χ3n) is 2.01. The molecule has 0 saturated carbocycles. The van der Waals surface area contributed by atoms with Crippen LogP contribution in [-0.2, 0) is 4.74 Å². The Balaban J connectivity index is 2.87. The summed E-state index contributed by atoms with van der Waals surface area (Å²) in [5.41, 5.74) is 0.432. The predicted octanol–water partition coefficient (Wildman–Crippen LogP) is 2.49. The molecule has 0 amide bonds. The van der Waals surface area contributed by atoms with Crippen LogP contribution in [-0.4, -0.2) is 32.2 Å². The summed E-state index contributed by atoms with van der Waals surface area (Å²) in [5, 5.41) is 0. The van der Waals surface area contributed by atoms with E-state index in [2.05, 4.69) is 0 Å². The van der Waals surface area contributed by atoms with Crippen molar-refractivity contribution in [3.8, 4) is 11.5 Å². The van der Waals surface area contributed by atoms with Crippen molar-refractivity contribution in [3.05, 3.63) is 23.8 Å². The second-order valence-corrected chi connectivity index (χ2v) is 3.50. The minimum absolute atomic E-state index is 0.339. The van der Waals surface area contributed by atoms with Crippen molar-refractivity contribution in [2.45, 2.75) is 6.92 Å². The fourth-order valence-corrected chi connectivity index (χ4v) is 1.35. The molecule has 0 heterocycles. The summed E-state index contributed by atoms with van der Waals surface area (Å²) < 4.78 is 15.4. The van der Waals surface area contributed by atoms with Crippen LogP contribution < -0.4 is 9.47 Å². The van der Waals surface area contributed by atoms with E-state index in [0.717, 1.165) is 0 Å². The van der Waals surface area contributed by atoms with Crippen LogP contribution >= 0.6 is 11.6 Å². The average Bonchev–Trinajstić information content (AvgIpc) is 2.36. The van der Waals surface area contributed by atoms with E-state index in [0.29, 0.717) is 36.2 Å². The molecule has 1 aromatic carbocycles. The van der Waals surface area contributed by atoms with Crippen molar-refractivity contribution in [2.24, 2.45) is 0 Å². The van der Waals surface area contributed by atoms with Crippen molar-refractivity contribution in [3.63, 3.8) is 0 Å². The lowest BCUT2D eigenvalue weighted by Crippen LogP contribution is -2.06. The van der Waals surface area contributed by atoms with Gasteiger partial charge in [0, 0.05) is 0 Å². The number of ether oxygens (including phenoxy) is 3. The van der Waals surface area contributed by atoms with E-state index < -0.39 is 0 Å². The predicted molar refractivity (Wildman–Crippen MR) is 65.2 cm³/mol. The minimum Gasteiger partial charge on any atom is -0.493 e. The molecule has 0 spiro atoms. The fraction of sp³-hybridized carbons (Fsp3) is 0.417. The van der Waals surface area contributed by atoms with Gasteiger partial charge in [-0.15, -0.1) is 11.6 Å². The molecule has 1 rings (SSSR count). The van der Waals surface area contributed by atoms with Gasteiger partial charge in [-0.05, 0) is 25.1 Å². The van der Waals surface area contributed by atoms with Crippen LogP contribution in [0.25, 0.3) is 0 Å². The van der Waals surface area contributed by atoms with Gasteiger partial charge in [0.15, 0.2) is 11.5 Å². The maximum Gasteiger partial charge on any atom is 0.338 e. The zero-order valence-corrected chi connectivity index (χ0v) is 10.6. The van der Waals surface area contributed by atoms with Crippen molar-refractivity contribution >= 4 is 17.6 Å². The molecule has 0 unspecified atom stereocenters. The molecule has 17 heavy (non-hydrogen) atoms. The third-order valence-corrected chi connectivity index (χ3v) is 2.16. The number of rotatable bonds is 6. The summed E-state index contributed by atoms with van der Waals surface area (Å²) in [6.07, 6.45) is 0. The molecule has 0 atom stereocenters. The van der Waals surface area contributed by atoms with Crippen LogP contribution in [0, 0.1) is 0 Å². The molecule has 0 bridgehead atoms. The second kappa shape index (κ2) is 7.01. The van der Waals surface area contributed by atoms with E-state index in [1.165, 1.54) is 7.11 Å². The van der Waals surface area contributed by atoms with Gasteiger partial charge in [0.1, 0.15) is 6.61 Å². The van der Waals surface area contributed by atoms with Gasteiger partial charge in [0.25, 0.3) is 0 Å². The van der Waals surface area contributed by atoms with E-state index >= 15 is 0 Å². The maximum absolute atomic E-state index is 11.5. The van der Waals surface area contributed by atoms with Gasteiger partial charge in [-0.25, -0.2) is 4.79 Å². The molecule has 0 aliphatic rings. The molecule has 5 heteroatoms. The molecular formula is C12H15ClO4. The molecule has 0 radical (unpaired) electrons. The quantitative estimate of drug-likeness (QED) is 0.581. The first-order valence-electron chi connectivity index (χ1n) is 5.26. The lowest BCUT2D eigenvalue weighted by molar-refractivity contribution is 0.0526. The lowest BCUT2D eigenvalue weighted by Gasteiger charge is -2.10. The number of carbonyl (C=O) groups excluding carboxylic acids is 1. The SMILES string of the molecule is CCOC(=O)c1ccc(OCCCl)c(OC)c1. The lowest BCUT2D eigenvalue weighted by atomic mass is 10.2. The number of carbonyl (C=O) groups is 1. The van der Waals surface area contributed by atoms with Crippen LogP contribution in [0.3, 0.4) is 0 Å². The molecule has 0 N–H and O–H groups in total. The number of alkyl halides is 1. The molecule has 0 saturated heterocycles. The monoisotopic (exact) mass is 258 g/mol. The Kier molecular flexibility index (Phi) is 5.63. The van der Waals surface area contributed by atoms with Crippen LogP contribution in [0.4, 0.5) is 0 Å². The molecule has 0 aliphatic heterocycles. The summed E-state index contributed by atoms with van der Waals surface area (Å²) in [4.78, 5) is 11.5. The first-order chi connectivity index (χ1) is 8.22. The van der Waals surface area contributed by atoms with E-state index in [4.69, 9.17) is 25.8 Å². The Labute approximate surface area is 105 Å². The molecule has 1 aromatic rings. The Morgan fingerprint density at radius 1 is 1.35 bits per heavy atom. The van der Waals surface area contributed by atoms with E-state index in [9.17, 15) is 4.79 Å². The Hall–Kier alpha value is -1.42. The van der Waals surface area contributed by atoms with Crippen LogP contribution in [0.5, 0.6) is 11.5 Å². The number of halogens is 1. The highest BCUT2D eigenvalue weighted by Crippen LogP contribution is 2.28. The third kappa shape index (κ3) is 3.82. The second-order valence-electron chi connectivity index (χ2n) is 3.12. The normalized spacial score (nSPS) is 9.82. The summed E-state index contributed by atoms with van der Waals surface area (Å²) in [7, 11) is 1.51. The number of methoxy groups -OCH3 is 1. The molecular weight excluding hydrogens is 244 g/mol. The van der Waals surface area contributed by atoms with Crippen LogP contribution in [0.1, 0.15) is 17.3 Å². The number of benzene rings is 1. The van der Waals surface area contributed by atoms with Gasteiger partial charge in [-0.3, -0.25) is 0 Å². The van der Waals surface area contributed by atoms with Gasteiger partial charge in [0.05, 0.1) is 25.2 Å². The molecule has 4 nitrogen and oxygen atoms in total. The van der Waals surface area contributed by atoms with Gasteiger partial charge in [0.2, 0.25) is 0 Å². The topological polar surface area (TPSA) is 44.8 Å². The first-order valence-corrected chi connectivity index (χ1v) is 5.80. The van der Waals surface area contributed by atoms with Gasteiger partial charge < -0.3 is 14.2 Å². The zero-order chi connectivity index (χ0) is 12.7. The highest BCUT2D eigenvalue weighted by molar-refractivity contribution is 6.18. The van der Waals surface area contributed by atoms with Crippen molar-refractivity contribution in [1.29, 1.82) is 0 Å². The molecule has 94 valence electrons. The Morgan fingerprint density at radius 2 is 2.12 bits per heavy atom. The zero-order valence-electron chi connectivity index (χ0n) is 9.86. The first kappa shape index (κ1) is 13.6. The Bertz CT molecular complexity index is 379. The van der Waals surface area contributed by atoms with E-state index in [1.807, 2.05) is 0 Å². The molecule has 0 fully saturated rings. The largest absolute Gasteiger partial charge is 0.493 e. The van der Waals surface area contributed by atoms with E-state index in [-0.39, 0.29) is 5.97 Å². The number of esters is 1. The van der Waals surface area contributed by atoms with Crippen LogP contribution in [0.15, 0.2) is 18.2 Å². The van der Waals surface area contributed by atoms with Gasteiger partial charge in [-0.1, -0.05) is 0 Å². The number of hydrogen-bond donors (Lipinski definition) is 0. The Morgan fingerprint density at radius 3 is 2.71 bits per heavy atom. The van der Waals surface area contributed by atoms with Crippen molar-refractivity contribution in [1.82, 2.24) is 0 Å². The summed E-state index contributed by atoms with van der Waals surface area (Å²) in [6, 6.07) is 4.88. The molecule has 0 aliphatic carbocycles. The molecule has 0 aromatic heterocycles. The highest BCUT2D eigenvalue weighted by Gasteiger charge is 2.11. The minimum atomic E-state index is -0.380. The summed E-state index contributed by atoms with van der Waals surface area (Å²) in [6.45, 7) is 2.48. The fourth-order valence-electron chi connectivity index (χ4n) is 1.28. The van der Waals surface area contributed by atoms with Crippen molar-refractivity contribution in [2.75, 3.05) is 26.2 Å². The summed E-state index contributed by atoms with van der Waals surface area (Å²) in [5.74, 6) is 1.06.